The molecule has 1 fully saturated rings. The van der Waals surface area contributed by atoms with Crippen LogP contribution in [0.15, 0.2) is 47.5 Å². The number of aryl methyl sites for hydroxylation is 1. The van der Waals surface area contributed by atoms with Crippen LogP contribution in [0.1, 0.15) is 37.9 Å². The fourth-order valence-corrected chi connectivity index (χ4v) is 4.66. The van der Waals surface area contributed by atoms with E-state index in [9.17, 15) is 8.42 Å². The van der Waals surface area contributed by atoms with E-state index in [0.29, 0.717) is 38.0 Å². The van der Waals surface area contributed by atoms with E-state index in [0.717, 1.165) is 6.42 Å². The van der Waals surface area contributed by atoms with Crippen molar-refractivity contribution in [3.63, 3.8) is 0 Å². The first kappa shape index (κ1) is 20.8. The number of aromatic nitrogens is 1. The number of pyridine rings is 1. The predicted molar refractivity (Wildman–Crippen MR) is 111 cm³/mol. The number of anilines is 1. The lowest BCUT2D eigenvalue weighted by Gasteiger charge is -2.26. The van der Waals surface area contributed by atoms with Crippen LogP contribution in [-0.4, -0.2) is 44.0 Å². The Morgan fingerprint density at radius 2 is 1.79 bits per heavy atom. The number of morpholine rings is 1. The summed E-state index contributed by atoms with van der Waals surface area (Å²) >= 11 is 0. The second-order valence-electron chi connectivity index (χ2n) is 7.36. The highest BCUT2D eigenvalue weighted by Crippen LogP contribution is 2.27. The van der Waals surface area contributed by atoms with Crippen molar-refractivity contribution in [3.05, 3.63) is 53.7 Å². The first-order valence-corrected chi connectivity index (χ1v) is 11.2. The summed E-state index contributed by atoms with van der Waals surface area (Å²) in [5.74, 6) is 1.02. The van der Waals surface area contributed by atoms with E-state index in [1.807, 2.05) is 0 Å². The van der Waals surface area contributed by atoms with Gasteiger partial charge < -0.3 is 10.1 Å². The number of hydrogen-bond donors (Lipinski definition) is 1. The third-order valence-corrected chi connectivity index (χ3v) is 6.94. The lowest BCUT2D eigenvalue weighted by atomic mass is 9.95. The minimum atomic E-state index is -3.52. The first-order valence-electron chi connectivity index (χ1n) is 9.81. The van der Waals surface area contributed by atoms with Gasteiger partial charge in [-0.05, 0) is 35.6 Å². The molecule has 1 saturated heterocycles. The van der Waals surface area contributed by atoms with E-state index >= 15 is 0 Å². The third kappa shape index (κ3) is 4.71. The highest BCUT2D eigenvalue weighted by atomic mass is 32.2. The van der Waals surface area contributed by atoms with Crippen molar-refractivity contribution < 1.29 is 13.2 Å². The van der Waals surface area contributed by atoms with Gasteiger partial charge in [0.15, 0.2) is 0 Å². The Bertz CT molecular complexity index is 859. The zero-order valence-corrected chi connectivity index (χ0v) is 17.6. The second kappa shape index (κ2) is 9.03. The molecule has 0 unspecified atom stereocenters. The van der Waals surface area contributed by atoms with Crippen molar-refractivity contribution in [1.29, 1.82) is 0 Å². The standard InChI is InChI=1S/C21H29N3O3S/c1-4-17-5-7-18(8-6-17)21(16(2)3)23-20-10-9-19(15-22-20)28(25,26)24-11-13-27-14-12-24/h5-10,15-16,21H,4,11-14H2,1-3H3,(H,22,23)/t21-/m1/s1. The SMILES string of the molecule is CCc1ccc([C@H](Nc2ccc(S(=O)(=O)N3CCOCC3)cn2)C(C)C)cc1. The number of hydrogen-bond acceptors (Lipinski definition) is 5. The topological polar surface area (TPSA) is 71.5 Å². The monoisotopic (exact) mass is 403 g/mol. The molecule has 1 atom stereocenters. The summed E-state index contributed by atoms with van der Waals surface area (Å²) in [5, 5.41) is 3.45. The molecule has 1 aliphatic heterocycles. The maximum Gasteiger partial charge on any atom is 0.244 e. The Hall–Kier alpha value is -1.96. The number of benzene rings is 1. The molecule has 3 rings (SSSR count). The van der Waals surface area contributed by atoms with Gasteiger partial charge in [0, 0.05) is 19.3 Å². The van der Waals surface area contributed by atoms with Crippen LogP contribution in [0, 0.1) is 5.92 Å². The number of ether oxygens (including phenoxy) is 1. The average Bonchev–Trinajstić information content (AvgIpc) is 2.73. The van der Waals surface area contributed by atoms with Crippen molar-refractivity contribution in [3.8, 4) is 0 Å². The van der Waals surface area contributed by atoms with E-state index in [1.54, 1.807) is 12.1 Å². The highest BCUT2D eigenvalue weighted by Gasteiger charge is 2.26. The maximum atomic E-state index is 12.7. The van der Waals surface area contributed by atoms with Crippen molar-refractivity contribution in [2.24, 2.45) is 5.92 Å². The van der Waals surface area contributed by atoms with E-state index in [2.05, 4.69) is 55.3 Å². The molecular weight excluding hydrogens is 374 g/mol. The third-order valence-electron chi connectivity index (χ3n) is 5.06. The largest absolute Gasteiger partial charge is 0.379 e. The van der Waals surface area contributed by atoms with Gasteiger partial charge in [-0.1, -0.05) is 45.0 Å². The van der Waals surface area contributed by atoms with Crippen LogP contribution in [0.2, 0.25) is 0 Å². The van der Waals surface area contributed by atoms with Gasteiger partial charge in [0.1, 0.15) is 10.7 Å². The molecule has 152 valence electrons. The van der Waals surface area contributed by atoms with Crippen molar-refractivity contribution in [1.82, 2.24) is 9.29 Å². The Balaban J connectivity index is 1.76. The van der Waals surface area contributed by atoms with Gasteiger partial charge in [0.25, 0.3) is 0 Å². The second-order valence-corrected chi connectivity index (χ2v) is 9.29. The summed E-state index contributed by atoms with van der Waals surface area (Å²) in [5.41, 5.74) is 2.50. The van der Waals surface area contributed by atoms with Crippen molar-refractivity contribution in [2.75, 3.05) is 31.6 Å². The maximum absolute atomic E-state index is 12.7. The normalized spacial score (nSPS) is 16.9. The van der Waals surface area contributed by atoms with Crippen LogP contribution in [0.3, 0.4) is 0 Å². The van der Waals surface area contributed by atoms with Crippen LogP contribution in [0.25, 0.3) is 0 Å². The van der Waals surface area contributed by atoms with Crippen LogP contribution >= 0.6 is 0 Å². The molecule has 1 aromatic carbocycles. The van der Waals surface area contributed by atoms with Gasteiger partial charge in [-0.15, -0.1) is 0 Å². The fourth-order valence-electron chi connectivity index (χ4n) is 3.31. The number of rotatable bonds is 7. The lowest BCUT2D eigenvalue weighted by Crippen LogP contribution is -2.40. The van der Waals surface area contributed by atoms with E-state index < -0.39 is 10.0 Å². The van der Waals surface area contributed by atoms with Crippen LogP contribution in [0.4, 0.5) is 5.82 Å². The Labute approximate surface area is 168 Å². The Kier molecular flexibility index (Phi) is 6.69. The van der Waals surface area contributed by atoms with Gasteiger partial charge >= 0.3 is 0 Å². The van der Waals surface area contributed by atoms with Crippen molar-refractivity contribution >= 4 is 15.8 Å². The molecule has 28 heavy (non-hydrogen) atoms. The summed E-state index contributed by atoms with van der Waals surface area (Å²) in [6, 6.07) is 12.1. The summed E-state index contributed by atoms with van der Waals surface area (Å²) in [6.07, 6.45) is 2.45. The Morgan fingerprint density at radius 1 is 1.11 bits per heavy atom. The lowest BCUT2D eigenvalue weighted by molar-refractivity contribution is 0.0730. The molecule has 0 aliphatic carbocycles. The molecule has 7 heteroatoms. The van der Waals surface area contributed by atoms with Gasteiger partial charge in [-0.25, -0.2) is 13.4 Å². The predicted octanol–water partition coefficient (Wildman–Crippen LogP) is 3.47. The smallest absolute Gasteiger partial charge is 0.244 e. The molecule has 0 spiro atoms. The molecular formula is C21H29N3O3S. The number of sulfonamides is 1. The Morgan fingerprint density at radius 3 is 2.32 bits per heavy atom. The highest BCUT2D eigenvalue weighted by molar-refractivity contribution is 7.89. The summed E-state index contributed by atoms with van der Waals surface area (Å²) in [4.78, 5) is 4.59. The fraction of sp³-hybridized carbons (Fsp3) is 0.476. The molecule has 0 bridgehead atoms. The van der Waals surface area contributed by atoms with Crippen LogP contribution in [0.5, 0.6) is 0 Å². The molecule has 1 aromatic heterocycles. The summed E-state index contributed by atoms with van der Waals surface area (Å²) in [6.45, 7) is 8.07. The summed E-state index contributed by atoms with van der Waals surface area (Å²) in [7, 11) is -3.52. The van der Waals surface area contributed by atoms with Gasteiger partial charge in [0.05, 0.1) is 19.3 Å². The van der Waals surface area contributed by atoms with E-state index in [4.69, 9.17) is 4.74 Å². The molecule has 0 radical (unpaired) electrons. The summed E-state index contributed by atoms with van der Waals surface area (Å²) < 4.78 is 32.1. The van der Waals surface area contributed by atoms with Gasteiger partial charge in [0.2, 0.25) is 10.0 Å². The first-order chi connectivity index (χ1) is 13.4. The molecule has 0 saturated carbocycles. The number of nitrogens with one attached hydrogen (secondary N) is 1. The molecule has 6 nitrogen and oxygen atoms in total. The quantitative estimate of drug-likeness (QED) is 0.766. The number of nitrogens with zero attached hydrogens (tertiary/aromatic N) is 2. The molecule has 1 N–H and O–H groups in total. The van der Waals surface area contributed by atoms with Crippen molar-refractivity contribution in [2.45, 2.75) is 38.1 Å². The molecule has 2 heterocycles. The minimum absolute atomic E-state index is 0.0973. The van der Waals surface area contributed by atoms with Crippen LogP contribution < -0.4 is 5.32 Å². The molecule has 1 aliphatic rings. The van der Waals surface area contributed by atoms with Crippen LogP contribution in [-0.2, 0) is 21.2 Å². The van der Waals surface area contributed by atoms with E-state index in [1.165, 1.54) is 21.6 Å². The van der Waals surface area contributed by atoms with Gasteiger partial charge in [-0.2, -0.15) is 4.31 Å². The zero-order chi connectivity index (χ0) is 20.1. The van der Waals surface area contributed by atoms with E-state index in [-0.39, 0.29) is 10.9 Å². The van der Waals surface area contributed by atoms with Gasteiger partial charge in [-0.3, -0.25) is 0 Å². The molecule has 2 aromatic rings. The minimum Gasteiger partial charge on any atom is -0.379 e. The molecule has 0 amide bonds. The average molecular weight is 404 g/mol. The zero-order valence-electron chi connectivity index (χ0n) is 16.8.